The summed E-state index contributed by atoms with van der Waals surface area (Å²) in [6.07, 6.45) is 0. The number of nitro groups is 1. The number of carbonyl (C=O) groups is 3. The quantitative estimate of drug-likeness (QED) is 0.156. The van der Waals surface area contributed by atoms with Crippen molar-refractivity contribution in [1.29, 1.82) is 0 Å². The van der Waals surface area contributed by atoms with Crippen LogP contribution in [-0.2, 0) is 14.4 Å². The lowest BCUT2D eigenvalue weighted by molar-refractivity contribution is -0.384. The minimum atomic E-state index is -0.954. The fraction of sp³-hybridized carbons (Fsp3) is 0.0800. The summed E-state index contributed by atoms with van der Waals surface area (Å²) in [6.45, 7) is 1.37. The zero-order chi connectivity index (χ0) is 25.3. The van der Waals surface area contributed by atoms with Gasteiger partial charge in [0.25, 0.3) is 17.4 Å². The van der Waals surface area contributed by atoms with E-state index in [0.29, 0.717) is 16.9 Å². The normalized spacial score (nSPS) is 16.9. The van der Waals surface area contributed by atoms with Gasteiger partial charge in [-0.2, -0.15) is 0 Å². The van der Waals surface area contributed by atoms with Crippen molar-refractivity contribution in [3.63, 3.8) is 0 Å². The second-order valence-corrected chi connectivity index (χ2v) is 8.67. The van der Waals surface area contributed by atoms with Gasteiger partial charge in [-0.25, -0.2) is 0 Å². The molecule has 3 aromatic carbocycles. The first-order chi connectivity index (χ1) is 16.7. The van der Waals surface area contributed by atoms with Gasteiger partial charge in [-0.15, -0.1) is 0 Å². The molecule has 9 nitrogen and oxygen atoms in total. The number of aliphatic hydroxyl groups is 1. The van der Waals surface area contributed by atoms with Crippen LogP contribution in [0.25, 0.3) is 5.76 Å². The van der Waals surface area contributed by atoms with Gasteiger partial charge in [-0.05, 0) is 54.1 Å². The number of anilines is 2. The van der Waals surface area contributed by atoms with Crippen LogP contribution in [0.4, 0.5) is 17.1 Å². The lowest BCUT2D eigenvalue weighted by atomic mass is 9.95. The SMILES string of the molecule is CC(=O)Nc1ccc(N2C(=O)C(=O)/C(=C(/O)c3ccc([N+](=O)[O-])cc3)C2c2ccc(Br)cc2)cc1. The van der Waals surface area contributed by atoms with Crippen LogP contribution in [0.5, 0.6) is 0 Å². The summed E-state index contributed by atoms with van der Waals surface area (Å²) >= 11 is 3.37. The van der Waals surface area contributed by atoms with Gasteiger partial charge in [-0.3, -0.25) is 29.4 Å². The highest BCUT2D eigenvalue weighted by Gasteiger charge is 2.47. The molecule has 4 rings (SSSR count). The summed E-state index contributed by atoms with van der Waals surface area (Å²) in [5, 5.41) is 24.7. The fourth-order valence-electron chi connectivity index (χ4n) is 3.86. The van der Waals surface area contributed by atoms with Crippen molar-refractivity contribution >= 4 is 56.3 Å². The Hall–Kier alpha value is -4.31. The molecule has 1 unspecified atom stereocenters. The highest BCUT2D eigenvalue weighted by molar-refractivity contribution is 9.10. The standard InChI is InChI=1S/C25H18BrN3O6/c1-14(30)27-18-8-12-19(13-9-18)28-22(15-2-6-17(26)7-3-15)21(24(32)25(28)33)23(31)16-4-10-20(11-5-16)29(34)35/h2-13,22,31H,1H3,(H,27,30)/b23-21+. The molecule has 0 radical (unpaired) electrons. The van der Waals surface area contributed by atoms with Crippen LogP contribution in [0.1, 0.15) is 24.1 Å². The van der Waals surface area contributed by atoms with E-state index in [2.05, 4.69) is 21.2 Å². The van der Waals surface area contributed by atoms with Crippen LogP contribution in [0.15, 0.2) is 82.8 Å². The summed E-state index contributed by atoms with van der Waals surface area (Å²) in [5.41, 5.74) is 1.32. The molecule has 1 fully saturated rings. The number of nitrogens with one attached hydrogen (secondary N) is 1. The van der Waals surface area contributed by atoms with Gasteiger partial charge in [-0.1, -0.05) is 28.1 Å². The number of non-ortho nitro benzene ring substituents is 1. The highest BCUT2D eigenvalue weighted by atomic mass is 79.9. The lowest BCUT2D eigenvalue weighted by Gasteiger charge is -2.25. The van der Waals surface area contributed by atoms with Gasteiger partial charge in [0.05, 0.1) is 16.5 Å². The van der Waals surface area contributed by atoms with Crippen LogP contribution in [0.3, 0.4) is 0 Å². The molecule has 0 aliphatic carbocycles. The molecule has 0 spiro atoms. The number of ketones is 1. The number of nitro benzene ring substituents is 1. The van der Waals surface area contributed by atoms with E-state index in [4.69, 9.17) is 0 Å². The maximum atomic E-state index is 13.2. The van der Waals surface area contributed by atoms with Gasteiger partial charge in [0.15, 0.2) is 0 Å². The summed E-state index contributed by atoms with van der Waals surface area (Å²) in [7, 11) is 0. The van der Waals surface area contributed by atoms with E-state index < -0.39 is 28.4 Å². The number of aliphatic hydroxyl groups excluding tert-OH is 1. The molecule has 1 heterocycles. The molecule has 10 heteroatoms. The zero-order valence-electron chi connectivity index (χ0n) is 18.3. The third-order valence-corrected chi connectivity index (χ3v) is 5.98. The largest absolute Gasteiger partial charge is 0.507 e. The predicted octanol–water partition coefficient (Wildman–Crippen LogP) is 4.94. The topological polar surface area (TPSA) is 130 Å². The Morgan fingerprint density at radius 2 is 1.60 bits per heavy atom. The molecule has 1 atom stereocenters. The monoisotopic (exact) mass is 535 g/mol. The average molecular weight is 536 g/mol. The molecule has 35 heavy (non-hydrogen) atoms. The molecule has 2 amide bonds. The number of amides is 2. The molecule has 0 bridgehead atoms. The number of hydrogen-bond donors (Lipinski definition) is 2. The Bertz CT molecular complexity index is 1370. The van der Waals surface area contributed by atoms with Crippen LogP contribution in [0.2, 0.25) is 0 Å². The predicted molar refractivity (Wildman–Crippen MR) is 133 cm³/mol. The first-order valence-corrected chi connectivity index (χ1v) is 11.2. The Labute approximate surface area is 208 Å². The smallest absolute Gasteiger partial charge is 0.300 e. The highest BCUT2D eigenvalue weighted by Crippen LogP contribution is 2.42. The third-order valence-electron chi connectivity index (χ3n) is 5.45. The molecule has 2 N–H and O–H groups in total. The van der Waals surface area contributed by atoms with Crippen molar-refractivity contribution in [1.82, 2.24) is 0 Å². The number of rotatable bonds is 5. The molecular formula is C25H18BrN3O6. The maximum absolute atomic E-state index is 13.2. The van der Waals surface area contributed by atoms with Gasteiger partial charge in [0.1, 0.15) is 5.76 Å². The number of benzene rings is 3. The van der Waals surface area contributed by atoms with E-state index in [1.807, 2.05) is 0 Å². The van der Waals surface area contributed by atoms with Crippen LogP contribution in [-0.4, -0.2) is 27.6 Å². The Balaban J connectivity index is 1.85. The molecule has 0 aromatic heterocycles. The second kappa shape index (κ2) is 9.51. The van der Waals surface area contributed by atoms with Gasteiger partial charge in [0, 0.05) is 40.5 Å². The summed E-state index contributed by atoms with van der Waals surface area (Å²) in [5.74, 6) is -2.42. The first-order valence-electron chi connectivity index (χ1n) is 10.4. The zero-order valence-corrected chi connectivity index (χ0v) is 19.9. The Morgan fingerprint density at radius 3 is 2.14 bits per heavy atom. The van der Waals surface area contributed by atoms with Crippen LogP contribution >= 0.6 is 15.9 Å². The van der Waals surface area contributed by atoms with E-state index in [9.17, 15) is 29.6 Å². The van der Waals surface area contributed by atoms with Crippen molar-refractivity contribution in [2.45, 2.75) is 13.0 Å². The van der Waals surface area contributed by atoms with Crippen molar-refractivity contribution in [3.8, 4) is 0 Å². The molecular weight excluding hydrogens is 518 g/mol. The Kier molecular flexibility index (Phi) is 6.48. The van der Waals surface area contributed by atoms with E-state index in [0.717, 1.165) is 4.47 Å². The van der Waals surface area contributed by atoms with Crippen molar-refractivity contribution in [3.05, 3.63) is 104 Å². The van der Waals surface area contributed by atoms with E-state index in [-0.39, 0.29) is 22.7 Å². The summed E-state index contributed by atoms with van der Waals surface area (Å²) in [4.78, 5) is 49.3. The van der Waals surface area contributed by atoms with Crippen LogP contribution in [0, 0.1) is 10.1 Å². The number of Topliss-reactive ketones (excluding diaryl/α,β-unsaturated/α-hetero) is 1. The maximum Gasteiger partial charge on any atom is 0.300 e. The van der Waals surface area contributed by atoms with Crippen molar-refractivity contribution in [2.75, 3.05) is 10.2 Å². The molecule has 176 valence electrons. The van der Waals surface area contributed by atoms with Crippen molar-refractivity contribution < 1.29 is 24.4 Å². The fourth-order valence-corrected chi connectivity index (χ4v) is 4.13. The summed E-state index contributed by atoms with van der Waals surface area (Å²) in [6, 6.07) is 17.4. The Morgan fingerprint density at radius 1 is 1.00 bits per heavy atom. The first kappa shape index (κ1) is 23.8. The minimum absolute atomic E-state index is 0.142. The molecule has 1 aliphatic rings. The average Bonchev–Trinajstić information content (AvgIpc) is 3.10. The molecule has 3 aromatic rings. The molecule has 1 saturated heterocycles. The van der Waals surface area contributed by atoms with E-state index in [1.165, 1.54) is 36.1 Å². The van der Waals surface area contributed by atoms with Gasteiger partial charge in [0.2, 0.25) is 5.91 Å². The number of nitrogens with zero attached hydrogens (tertiary/aromatic N) is 2. The van der Waals surface area contributed by atoms with E-state index in [1.54, 1.807) is 48.5 Å². The summed E-state index contributed by atoms with van der Waals surface area (Å²) < 4.78 is 0.785. The van der Waals surface area contributed by atoms with E-state index >= 15 is 0 Å². The minimum Gasteiger partial charge on any atom is -0.507 e. The number of carbonyl (C=O) groups excluding carboxylic acids is 3. The van der Waals surface area contributed by atoms with Crippen LogP contribution < -0.4 is 10.2 Å². The second-order valence-electron chi connectivity index (χ2n) is 7.75. The van der Waals surface area contributed by atoms with Gasteiger partial charge >= 0.3 is 0 Å². The number of halogens is 1. The third kappa shape index (κ3) is 4.69. The van der Waals surface area contributed by atoms with Crippen molar-refractivity contribution in [2.24, 2.45) is 0 Å². The lowest BCUT2D eigenvalue weighted by Crippen LogP contribution is -2.29. The molecule has 1 aliphatic heterocycles. The molecule has 0 saturated carbocycles. The van der Waals surface area contributed by atoms with Gasteiger partial charge < -0.3 is 10.4 Å². The number of hydrogen-bond acceptors (Lipinski definition) is 6.